The first-order valence-electron chi connectivity index (χ1n) is 6.71. The Morgan fingerprint density at radius 2 is 1.81 bits per heavy atom. The second-order valence-electron chi connectivity index (χ2n) is 4.50. The largest absolute Gasteiger partial charge is 0.491 e. The Bertz CT molecular complexity index is 609. The Labute approximate surface area is 138 Å². The fourth-order valence-corrected chi connectivity index (χ4v) is 2.55. The van der Waals surface area contributed by atoms with Gasteiger partial charge in [0, 0.05) is 16.3 Å². The van der Waals surface area contributed by atoms with E-state index in [0.717, 1.165) is 26.1 Å². The summed E-state index contributed by atoms with van der Waals surface area (Å²) in [5, 5.41) is 11.9. The van der Waals surface area contributed by atoms with Crippen LogP contribution in [-0.4, -0.2) is 25.4 Å². The molecule has 0 aliphatic carbocycles. The Kier molecular flexibility index (Phi) is 6.07. The van der Waals surface area contributed by atoms with Crippen molar-refractivity contribution < 1.29 is 9.84 Å². The van der Waals surface area contributed by atoms with Crippen LogP contribution in [0.1, 0.15) is 11.1 Å². The van der Waals surface area contributed by atoms with E-state index in [9.17, 15) is 0 Å². The van der Waals surface area contributed by atoms with Gasteiger partial charge in [-0.1, -0.05) is 24.3 Å². The molecule has 110 valence electrons. The standard InChI is InChI=1S/C17H18INO2/c1-19-16-6-4-13(5-7-16)2-3-14-10-15(18)12-17(11-14)21-9-8-20/h2-7,10-12,19-20H,8-9H2,1H3/i18-4. The number of halogens is 1. The fraction of sp³-hybridized carbons (Fsp3) is 0.176. The van der Waals surface area contributed by atoms with Gasteiger partial charge >= 0.3 is 0 Å². The highest BCUT2D eigenvalue weighted by Crippen LogP contribution is 2.21. The van der Waals surface area contributed by atoms with Crippen LogP contribution in [0.15, 0.2) is 42.5 Å². The molecule has 0 aliphatic heterocycles. The zero-order chi connectivity index (χ0) is 15.1. The van der Waals surface area contributed by atoms with Crippen LogP contribution < -0.4 is 10.1 Å². The predicted octanol–water partition coefficient (Wildman–Crippen LogP) is 3.87. The van der Waals surface area contributed by atoms with E-state index in [2.05, 4.69) is 58.3 Å². The molecule has 0 bridgehead atoms. The number of hydrogen-bond donors (Lipinski definition) is 2. The van der Waals surface area contributed by atoms with Gasteiger partial charge in [-0.15, -0.1) is 0 Å². The molecule has 0 atom stereocenters. The minimum atomic E-state index is 0.0223. The van der Waals surface area contributed by atoms with E-state index in [4.69, 9.17) is 9.84 Å². The van der Waals surface area contributed by atoms with Crippen molar-refractivity contribution in [3.8, 4) is 5.75 Å². The van der Waals surface area contributed by atoms with Crippen LogP contribution in [0.5, 0.6) is 5.75 Å². The van der Waals surface area contributed by atoms with Gasteiger partial charge in [-0.25, -0.2) is 0 Å². The molecule has 21 heavy (non-hydrogen) atoms. The van der Waals surface area contributed by atoms with Crippen molar-refractivity contribution in [3.05, 3.63) is 57.2 Å². The van der Waals surface area contributed by atoms with Gasteiger partial charge in [-0.3, -0.25) is 0 Å². The molecule has 2 N–H and O–H groups in total. The van der Waals surface area contributed by atoms with Crippen molar-refractivity contribution >= 4 is 40.4 Å². The normalized spacial score (nSPS) is 10.8. The minimum absolute atomic E-state index is 0.0223. The summed E-state index contributed by atoms with van der Waals surface area (Å²) in [4.78, 5) is 0. The third-order valence-electron chi connectivity index (χ3n) is 2.92. The molecule has 0 radical (unpaired) electrons. The highest BCUT2D eigenvalue weighted by atomic mass is 123. The third-order valence-corrected chi connectivity index (χ3v) is 3.54. The molecule has 0 fully saturated rings. The molecular weight excluding hydrogens is 373 g/mol. The van der Waals surface area contributed by atoms with E-state index in [0.29, 0.717) is 6.61 Å². The van der Waals surface area contributed by atoms with Crippen LogP contribution in [-0.2, 0) is 0 Å². The number of rotatable bonds is 6. The lowest BCUT2D eigenvalue weighted by atomic mass is 10.1. The quantitative estimate of drug-likeness (QED) is 0.580. The van der Waals surface area contributed by atoms with Gasteiger partial charge in [-0.05, 0) is 64.0 Å². The summed E-state index contributed by atoms with van der Waals surface area (Å²) in [5.41, 5.74) is 3.32. The lowest BCUT2D eigenvalue weighted by Crippen LogP contribution is -2.01. The highest BCUT2D eigenvalue weighted by Gasteiger charge is 1.98. The zero-order valence-electron chi connectivity index (χ0n) is 11.8. The zero-order valence-corrected chi connectivity index (χ0v) is 14.0. The number of hydrogen-bond acceptors (Lipinski definition) is 3. The molecule has 2 aromatic carbocycles. The summed E-state index contributed by atoms with van der Waals surface area (Å²) in [5.74, 6) is 0.779. The molecule has 0 heterocycles. The van der Waals surface area contributed by atoms with E-state index in [1.165, 1.54) is 0 Å². The topological polar surface area (TPSA) is 41.5 Å². The van der Waals surface area contributed by atoms with E-state index >= 15 is 0 Å². The van der Waals surface area contributed by atoms with Crippen molar-refractivity contribution in [1.82, 2.24) is 0 Å². The van der Waals surface area contributed by atoms with Crippen LogP contribution in [0.4, 0.5) is 5.69 Å². The fourth-order valence-electron chi connectivity index (χ4n) is 1.88. The van der Waals surface area contributed by atoms with Crippen molar-refractivity contribution in [2.45, 2.75) is 0 Å². The van der Waals surface area contributed by atoms with Gasteiger partial charge in [0.05, 0.1) is 6.61 Å². The predicted molar refractivity (Wildman–Crippen MR) is 96.7 cm³/mol. The Morgan fingerprint density at radius 1 is 1.10 bits per heavy atom. The van der Waals surface area contributed by atoms with Crippen LogP contribution in [0.2, 0.25) is 0 Å². The van der Waals surface area contributed by atoms with Crippen molar-refractivity contribution in [3.63, 3.8) is 0 Å². The van der Waals surface area contributed by atoms with Gasteiger partial charge in [0.15, 0.2) is 0 Å². The van der Waals surface area contributed by atoms with Crippen LogP contribution >= 0.6 is 22.6 Å². The lowest BCUT2D eigenvalue weighted by molar-refractivity contribution is 0.201. The maximum absolute atomic E-state index is 8.81. The molecule has 2 aromatic rings. The first-order chi connectivity index (χ1) is 10.2. The summed E-state index contributed by atoms with van der Waals surface area (Å²) < 4.78 is 6.57. The number of nitrogens with one attached hydrogen (secondary N) is 1. The van der Waals surface area contributed by atoms with Crippen molar-refractivity contribution in [2.24, 2.45) is 0 Å². The first-order valence-corrected chi connectivity index (χ1v) is 7.79. The molecule has 4 heteroatoms. The second-order valence-corrected chi connectivity index (χ2v) is 5.74. The average Bonchev–Trinajstić information content (AvgIpc) is 2.51. The van der Waals surface area contributed by atoms with E-state index in [-0.39, 0.29) is 6.61 Å². The molecule has 0 aromatic heterocycles. The van der Waals surface area contributed by atoms with Crippen LogP contribution in [0.25, 0.3) is 12.2 Å². The third kappa shape index (κ3) is 5.06. The molecule has 0 saturated heterocycles. The van der Waals surface area contributed by atoms with Crippen LogP contribution in [0, 0.1) is 3.57 Å². The van der Waals surface area contributed by atoms with Crippen molar-refractivity contribution in [2.75, 3.05) is 25.6 Å². The number of ether oxygens (including phenoxy) is 1. The van der Waals surface area contributed by atoms with E-state index in [1.54, 1.807) is 0 Å². The smallest absolute Gasteiger partial charge is 0.121 e. The summed E-state index contributed by atoms with van der Waals surface area (Å²) in [6, 6.07) is 14.2. The van der Waals surface area contributed by atoms with Gasteiger partial charge in [0.25, 0.3) is 0 Å². The molecule has 3 nitrogen and oxygen atoms in total. The highest BCUT2D eigenvalue weighted by molar-refractivity contribution is 14.1. The molecule has 0 spiro atoms. The number of anilines is 1. The second kappa shape index (κ2) is 8.05. The molecule has 0 unspecified atom stereocenters. The van der Waals surface area contributed by atoms with Crippen molar-refractivity contribution in [1.29, 1.82) is 0 Å². The van der Waals surface area contributed by atoms with E-state index in [1.807, 2.05) is 31.3 Å². The minimum Gasteiger partial charge on any atom is -0.491 e. The first kappa shape index (κ1) is 15.9. The number of aliphatic hydroxyl groups excluding tert-OH is 1. The molecular formula is C17H18INO2. The molecule has 0 amide bonds. The maximum Gasteiger partial charge on any atom is 0.121 e. The average molecular weight is 391 g/mol. The number of benzene rings is 2. The van der Waals surface area contributed by atoms with E-state index < -0.39 is 0 Å². The molecule has 0 aliphatic rings. The number of aliphatic hydroxyl groups is 1. The maximum atomic E-state index is 8.81. The van der Waals surface area contributed by atoms with Gasteiger partial charge < -0.3 is 15.2 Å². The van der Waals surface area contributed by atoms with Gasteiger partial charge in [0.2, 0.25) is 0 Å². The SMILES string of the molecule is CNc1ccc(C=Cc2cc([123I])cc(OCCO)c2)cc1. The lowest BCUT2D eigenvalue weighted by Gasteiger charge is -2.06. The Balaban J connectivity index is 2.13. The van der Waals surface area contributed by atoms with Gasteiger partial charge in [0.1, 0.15) is 12.4 Å². The summed E-state index contributed by atoms with van der Waals surface area (Å²) >= 11 is 2.26. The monoisotopic (exact) mass is 391 g/mol. The summed E-state index contributed by atoms with van der Waals surface area (Å²) in [6.07, 6.45) is 4.13. The van der Waals surface area contributed by atoms with Crippen LogP contribution in [0.3, 0.4) is 0 Å². The molecule has 0 saturated carbocycles. The van der Waals surface area contributed by atoms with Gasteiger partial charge in [-0.2, -0.15) is 0 Å². The Morgan fingerprint density at radius 3 is 2.48 bits per heavy atom. The summed E-state index contributed by atoms with van der Waals surface area (Å²) in [6.45, 7) is 0.336. The molecule has 2 rings (SSSR count). The summed E-state index contributed by atoms with van der Waals surface area (Å²) in [7, 11) is 1.91. The Hall–Kier alpha value is -1.53.